The predicted octanol–water partition coefficient (Wildman–Crippen LogP) is 2.36. The highest BCUT2D eigenvalue weighted by Crippen LogP contribution is 2.24. The molecule has 7 nitrogen and oxygen atoms in total. The average Bonchev–Trinajstić information content (AvgIpc) is 3.34. The number of aliphatic imine (C=N–C) groups is 1. The van der Waals surface area contributed by atoms with Gasteiger partial charge >= 0.3 is 0 Å². The molecule has 0 bridgehead atoms. The zero-order chi connectivity index (χ0) is 20.0. The lowest BCUT2D eigenvalue weighted by Gasteiger charge is -2.33. The Hall–Kier alpha value is -1.54. The van der Waals surface area contributed by atoms with E-state index in [2.05, 4.69) is 21.9 Å². The minimum absolute atomic E-state index is 0.381. The van der Waals surface area contributed by atoms with Crippen LogP contribution in [0.5, 0.6) is 0 Å². The average molecular weight is 411 g/mol. The Labute approximate surface area is 169 Å². The third-order valence-corrected chi connectivity index (χ3v) is 7.81. The molecule has 1 aliphatic carbocycles. The van der Waals surface area contributed by atoms with E-state index in [-0.39, 0.29) is 5.25 Å². The normalized spacial score (nSPS) is 26.6. The smallest absolute Gasteiger partial charge is 0.216 e. The van der Waals surface area contributed by atoms with Gasteiger partial charge in [0.15, 0.2) is 5.96 Å². The molecular formula is C20H34N4O3S. The summed E-state index contributed by atoms with van der Waals surface area (Å²) < 4.78 is 32.9. The second-order valence-electron chi connectivity index (χ2n) is 7.95. The second kappa shape index (κ2) is 9.78. The molecule has 2 fully saturated rings. The van der Waals surface area contributed by atoms with Crippen LogP contribution in [-0.2, 0) is 16.4 Å². The lowest BCUT2D eigenvalue weighted by Crippen LogP contribution is -2.49. The van der Waals surface area contributed by atoms with E-state index < -0.39 is 10.0 Å². The van der Waals surface area contributed by atoms with E-state index in [0.29, 0.717) is 44.6 Å². The Balaban J connectivity index is 1.68. The van der Waals surface area contributed by atoms with Gasteiger partial charge in [0.25, 0.3) is 0 Å². The predicted molar refractivity (Wildman–Crippen MR) is 112 cm³/mol. The molecular weight excluding hydrogens is 376 g/mol. The van der Waals surface area contributed by atoms with Crippen LogP contribution in [0.15, 0.2) is 27.8 Å². The van der Waals surface area contributed by atoms with Crippen molar-refractivity contribution in [3.05, 3.63) is 24.2 Å². The van der Waals surface area contributed by atoms with Crippen LogP contribution in [0.1, 0.15) is 51.7 Å². The lowest BCUT2D eigenvalue weighted by molar-refractivity contribution is 0.298. The van der Waals surface area contributed by atoms with Gasteiger partial charge < -0.3 is 14.6 Å². The molecule has 2 heterocycles. The van der Waals surface area contributed by atoms with Gasteiger partial charge in [0.1, 0.15) is 5.76 Å². The summed E-state index contributed by atoms with van der Waals surface area (Å²) >= 11 is 0. The zero-order valence-corrected chi connectivity index (χ0v) is 17.9. The second-order valence-corrected chi connectivity index (χ2v) is 9.99. The van der Waals surface area contributed by atoms with Gasteiger partial charge in [-0.2, -0.15) is 0 Å². The molecule has 158 valence electrons. The molecule has 0 aromatic carbocycles. The maximum atomic E-state index is 12.4. The van der Waals surface area contributed by atoms with Gasteiger partial charge in [0.2, 0.25) is 10.0 Å². The van der Waals surface area contributed by atoms with Gasteiger partial charge in [0, 0.05) is 38.6 Å². The third kappa shape index (κ3) is 5.50. The molecule has 0 amide bonds. The maximum absolute atomic E-state index is 12.4. The van der Waals surface area contributed by atoms with Crippen LogP contribution in [0.4, 0.5) is 0 Å². The van der Waals surface area contributed by atoms with Crippen molar-refractivity contribution in [2.45, 2.75) is 63.7 Å². The summed E-state index contributed by atoms with van der Waals surface area (Å²) in [5.74, 6) is 2.37. The molecule has 1 aromatic heterocycles. The van der Waals surface area contributed by atoms with Crippen LogP contribution in [0.25, 0.3) is 0 Å². The number of sulfonamides is 1. The summed E-state index contributed by atoms with van der Waals surface area (Å²) in [4.78, 5) is 6.94. The van der Waals surface area contributed by atoms with Crippen molar-refractivity contribution in [2.75, 3.05) is 26.2 Å². The van der Waals surface area contributed by atoms with Gasteiger partial charge in [-0.05, 0) is 37.3 Å². The Morgan fingerprint density at radius 2 is 2.14 bits per heavy atom. The van der Waals surface area contributed by atoms with Crippen molar-refractivity contribution >= 4 is 16.0 Å². The SMILES string of the molecule is CCNS(=O)(=O)C1CCN(C(=NCCc2ccco2)NC2CCCCC2C)C1. The Bertz CT molecular complexity index is 733. The highest BCUT2D eigenvalue weighted by Gasteiger charge is 2.35. The number of rotatable bonds is 7. The van der Waals surface area contributed by atoms with Crippen molar-refractivity contribution in [1.82, 2.24) is 14.9 Å². The molecule has 3 unspecified atom stereocenters. The van der Waals surface area contributed by atoms with E-state index in [1.54, 1.807) is 6.26 Å². The van der Waals surface area contributed by atoms with E-state index >= 15 is 0 Å². The van der Waals surface area contributed by atoms with Crippen LogP contribution >= 0.6 is 0 Å². The van der Waals surface area contributed by atoms with Crippen molar-refractivity contribution in [1.29, 1.82) is 0 Å². The summed E-state index contributed by atoms with van der Waals surface area (Å²) in [7, 11) is -3.27. The first-order valence-corrected chi connectivity index (χ1v) is 12.1. The topological polar surface area (TPSA) is 86.9 Å². The van der Waals surface area contributed by atoms with E-state index in [1.165, 1.54) is 19.3 Å². The highest BCUT2D eigenvalue weighted by atomic mass is 32.2. The molecule has 1 aromatic rings. The summed E-state index contributed by atoms with van der Waals surface area (Å²) in [6.45, 7) is 6.36. The minimum atomic E-state index is -3.27. The summed E-state index contributed by atoms with van der Waals surface area (Å²) in [5, 5.41) is 3.28. The summed E-state index contributed by atoms with van der Waals surface area (Å²) in [6, 6.07) is 4.25. The number of nitrogens with zero attached hydrogens (tertiary/aromatic N) is 2. The van der Waals surface area contributed by atoms with Crippen molar-refractivity contribution in [3.8, 4) is 0 Å². The Morgan fingerprint density at radius 1 is 1.32 bits per heavy atom. The van der Waals surface area contributed by atoms with Gasteiger partial charge in [-0.15, -0.1) is 0 Å². The maximum Gasteiger partial charge on any atom is 0.216 e. The first-order chi connectivity index (χ1) is 13.5. The van der Waals surface area contributed by atoms with Crippen molar-refractivity contribution in [2.24, 2.45) is 10.9 Å². The zero-order valence-electron chi connectivity index (χ0n) is 17.1. The molecule has 2 aliphatic rings. The van der Waals surface area contributed by atoms with E-state index in [4.69, 9.17) is 9.41 Å². The third-order valence-electron chi connectivity index (χ3n) is 5.85. The first-order valence-electron chi connectivity index (χ1n) is 10.6. The fourth-order valence-electron chi connectivity index (χ4n) is 4.15. The highest BCUT2D eigenvalue weighted by molar-refractivity contribution is 7.90. The molecule has 8 heteroatoms. The summed E-state index contributed by atoms with van der Waals surface area (Å²) in [6.07, 6.45) is 7.95. The molecule has 1 saturated carbocycles. The molecule has 0 radical (unpaired) electrons. The number of likely N-dealkylation sites (tertiary alicyclic amines) is 1. The standard InChI is InChI=1S/C20H34N4O3S/c1-3-22-28(25,26)18-11-13-24(15-18)20(21-12-10-17-8-6-14-27-17)23-19-9-5-4-7-16(19)2/h6,8,14,16,18-19,22H,3-5,7,9-13,15H2,1-2H3,(H,21,23). The van der Waals surface area contributed by atoms with E-state index in [0.717, 1.165) is 24.6 Å². The Morgan fingerprint density at radius 3 is 2.86 bits per heavy atom. The lowest BCUT2D eigenvalue weighted by atomic mass is 9.86. The van der Waals surface area contributed by atoms with Gasteiger partial charge in [-0.3, -0.25) is 4.99 Å². The van der Waals surface area contributed by atoms with Gasteiger partial charge in [-0.1, -0.05) is 26.7 Å². The van der Waals surface area contributed by atoms with E-state index in [1.807, 2.05) is 19.1 Å². The van der Waals surface area contributed by atoms with Crippen LogP contribution in [0, 0.1) is 5.92 Å². The van der Waals surface area contributed by atoms with Crippen LogP contribution in [0.2, 0.25) is 0 Å². The number of hydrogen-bond donors (Lipinski definition) is 2. The van der Waals surface area contributed by atoms with Crippen LogP contribution in [0.3, 0.4) is 0 Å². The van der Waals surface area contributed by atoms with Crippen molar-refractivity contribution in [3.63, 3.8) is 0 Å². The number of nitrogens with one attached hydrogen (secondary N) is 2. The van der Waals surface area contributed by atoms with E-state index in [9.17, 15) is 8.42 Å². The number of furan rings is 1. The number of guanidine groups is 1. The number of hydrogen-bond acceptors (Lipinski definition) is 4. The van der Waals surface area contributed by atoms with Crippen LogP contribution < -0.4 is 10.0 Å². The monoisotopic (exact) mass is 410 g/mol. The molecule has 28 heavy (non-hydrogen) atoms. The van der Waals surface area contributed by atoms with Crippen molar-refractivity contribution < 1.29 is 12.8 Å². The molecule has 1 saturated heterocycles. The molecule has 1 aliphatic heterocycles. The van der Waals surface area contributed by atoms with Gasteiger partial charge in [0.05, 0.1) is 11.5 Å². The fraction of sp³-hybridized carbons (Fsp3) is 0.750. The van der Waals surface area contributed by atoms with Crippen LogP contribution in [-0.4, -0.2) is 56.7 Å². The molecule has 3 atom stereocenters. The first kappa shape index (κ1) is 21.2. The minimum Gasteiger partial charge on any atom is -0.469 e. The quantitative estimate of drug-likeness (QED) is 0.532. The molecule has 0 spiro atoms. The largest absolute Gasteiger partial charge is 0.469 e. The molecule has 2 N–H and O–H groups in total. The fourth-order valence-corrected chi connectivity index (χ4v) is 5.58. The Kier molecular flexibility index (Phi) is 7.40. The molecule has 3 rings (SSSR count). The van der Waals surface area contributed by atoms with Gasteiger partial charge in [-0.25, -0.2) is 13.1 Å². The summed E-state index contributed by atoms with van der Waals surface area (Å²) in [5.41, 5.74) is 0.